The van der Waals surface area contributed by atoms with E-state index in [0.29, 0.717) is 0 Å². The summed E-state index contributed by atoms with van der Waals surface area (Å²) in [6.07, 6.45) is 6.29. The van der Waals surface area contributed by atoms with Gasteiger partial charge < -0.3 is 9.47 Å². The van der Waals surface area contributed by atoms with Crippen molar-refractivity contribution < 1.29 is 9.47 Å². The van der Waals surface area contributed by atoms with Crippen molar-refractivity contribution >= 4 is 23.9 Å². The Bertz CT molecular complexity index is 588. The van der Waals surface area contributed by atoms with Gasteiger partial charge in [0.2, 0.25) is 0 Å². The van der Waals surface area contributed by atoms with Crippen LogP contribution in [0.15, 0.2) is 47.4 Å². The lowest BCUT2D eigenvalue weighted by Crippen LogP contribution is -1.85. The number of ether oxygens (including phenoxy) is 2. The summed E-state index contributed by atoms with van der Waals surface area (Å²) in [5, 5.41) is 0. The maximum absolute atomic E-state index is 5.25. The molecule has 3 heteroatoms. The lowest BCUT2D eigenvalue weighted by molar-refractivity contribution is 0.413. The highest BCUT2D eigenvalue weighted by molar-refractivity contribution is 7.98. The molecular formula is C17H18O2S. The Hall–Kier alpha value is -1.87. The van der Waals surface area contributed by atoms with Crippen molar-refractivity contribution in [2.45, 2.75) is 4.90 Å². The summed E-state index contributed by atoms with van der Waals surface area (Å²) in [5.74, 6) is 1.76. The first kappa shape index (κ1) is 14.5. The third kappa shape index (κ3) is 3.58. The second-order valence-electron chi connectivity index (χ2n) is 4.21. The Balaban J connectivity index is 2.21. The number of methoxy groups -OCH3 is 2. The van der Waals surface area contributed by atoms with Crippen molar-refractivity contribution in [2.24, 2.45) is 0 Å². The highest BCUT2D eigenvalue weighted by atomic mass is 32.2. The minimum absolute atomic E-state index is 0.872. The van der Waals surface area contributed by atoms with Gasteiger partial charge in [-0.15, -0.1) is 11.8 Å². The molecule has 0 spiro atoms. The van der Waals surface area contributed by atoms with Crippen LogP contribution in [0.1, 0.15) is 11.1 Å². The smallest absolute Gasteiger partial charge is 0.120 e. The van der Waals surface area contributed by atoms with Gasteiger partial charge in [-0.2, -0.15) is 0 Å². The van der Waals surface area contributed by atoms with Crippen LogP contribution < -0.4 is 9.47 Å². The number of rotatable bonds is 5. The SMILES string of the molecule is COc1ccc(C=Cc2ccc(OC)cc2SC)cc1. The number of hydrogen-bond donors (Lipinski definition) is 0. The summed E-state index contributed by atoms with van der Waals surface area (Å²) in [7, 11) is 3.36. The molecule has 0 unspecified atom stereocenters. The van der Waals surface area contributed by atoms with Gasteiger partial charge in [-0.25, -0.2) is 0 Å². The van der Waals surface area contributed by atoms with Crippen LogP contribution in [0, 0.1) is 0 Å². The van der Waals surface area contributed by atoms with E-state index in [1.54, 1.807) is 26.0 Å². The van der Waals surface area contributed by atoms with Gasteiger partial charge in [0.15, 0.2) is 0 Å². The van der Waals surface area contributed by atoms with E-state index in [2.05, 4.69) is 30.5 Å². The third-order valence-corrected chi connectivity index (χ3v) is 3.81. The van der Waals surface area contributed by atoms with E-state index in [-0.39, 0.29) is 0 Å². The Morgan fingerprint density at radius 3 is 2.10 bits per heavy atom. The Labute approximate surface area is 124 Å². The van der Waals surface area contributed by atoms with Gasteiger partial charge in [0.1, 0.15) is 11.5 Å². The van der Waals surface area contributed by atoms with Gasteiger partial charge in [-0.05, 0) is 41.6 Å². The largest absolute Gasteiger partial charge is 0.497 e. The molecule has 20 heavy (non-hydrogen) atoms. The zero-order valence-corrected chi connectivity index (χ0v) is 12.7. The van der Waals surface area contributed by atoms with E-state index in [1.807, 2.05) is 30.3 Å². The standard InChI is InChI=1S/C17H18O2S/c1-18-15-9-5-13(6-10-15)4-7-14-8-11-16(19-2)12-17(14)20-3/h4-12H,1-3H3. The van der Waals surface area contributed by atoms with Gasteiger partial charge in [-0.1, -0.05) is 30.4 Å². The highest BCUT2D eigenvalue weighted by Crippen LogP contribution is 2.27. The van der Waals surface area contributed by atoms with Gasteiger partial charge in [-0.3, -0.25) is 0 Å². The molecule has 0 heterocycles. The normalized spacial score (nSPS) is 10.8. The molecule has 0 radical (unpaired) electrons. The maximum Gasteiger partial charge on any atom is 0.120 e. The molecule has 104 valence electrons. The molecule has 0 aliphatic rings. The maximum atomic E-state index is 5.25. The van der Waals surface area contributed by atoms with Crippen LogP contribution in [0.5, 0.6) is 11.5 Å². The average molecular weight is 286 g/mol. The summed E-state index contributed by atoms with van der Waals surface area (Å²) in [5.41, 5.74) is 2.34. The van der Waals surface area contributed by atoms with E-state index >= 15 is 0 Å². The van der Waals surface area contributed by atoms with Crippen molar-refractivity contribution in [2.75, 3.05) is 20.5 Å². The molecule has 0 aliphatic heterocycles. The predicted molar refractivity (Wildman–Crippen MR) is 86.7 cm³/mol. The van der Waals surface area contributed by atoms with Gasteiger partial charge in [0.05, 0.1) is 14.2 Å². The predicted octanol–water partition coefficient (Wildman–Crippen LogP) is 4.60. The quantitative estimate of drug-likeness (QED) is 0.591. The van der Waals surface area contributed by atoms with Crippen LogP contribution in [0.3, 0.4) is 0 Å². The zero-order chi connectivity index (χ0) is 14.4. The van der Waals surface area contributed by atoms with Crippen molar-refractivity contribution in [3.8, 4) is 11.5 Å². The summed E-state index contributed by atoms with van der Waals surface area (Å²) in [4.78, 5) is 1.20. The second-order valence-corrected chi connectivity index (χ2v) is 5.06. The summed E-state index contributed by atoms with van der Waals surface area (Å²) in [6.45, 7) is 0. The molecule has 0 saturated carbocycles. The first-order valence-corrected chi connectivity index (χ1v) is 7.53. The number of hydrogen-bond acceptors (Lipinski definition) is 3. The fraction of sp³-hybridized carbons (Fsp3) is 0.176. The fourth-order valence-corrected chi connectivity index (χ4v) is 2.46. The third-order valence-electron chi connectivity index (χ3n) is 3.01. The molecule has 0 N–H and O–H groups in total. The minimum atomic E-state index is 0.872. The molecule has 0 fully saturated rings. The van der Waals surface area contributed by atoms with E-state index < -0.39 is 0 Å². The first-order chi connectivity index (χ1) is 9.76. The Morgan fingerprint density at radius 1 is 0.850 bits per heavy atom. The molecule has 2 aromatic rings. The molecule has 0 aromatic heterocycles. The fourth-order valence-electron chi connectivity index (χ4n) is 1.86. The summed E-state index contributed by atoms with van der Waals surface area (Å²) in [6, 6.07) is 14.1. The van der Waals surface area contributed by atoms with E-state index in [0.717, 1.165) is 17.1 Å². The molecule has 0 atom stereocenters. The molecule has 2 nitrogen and oxygen atoms in total. The second kappa shape index (κ2) is 7.06. The van der Waals surface area contributed by atoms with Gasteiger partial charge >= 0.3 is 0 Å². The Kier molecular flexibility index (Phi) is 5.13. The van der Waals surface area contributed by atoms with Crippen LogP contribution in [-0.2, 0) is 0 Å². The van der Waals surface area contributed by atoms with Crippen LogP contribution >= 0.6 is 11.8 Å². The molecule has 2 aromatic carbocycles. The topological polar surface area (TPSA) is 18.5 Å². The lowest BCUT2D eigenvalue weighted by atomic mass is 10.1. The van der Waals surface area contributed by atoms with Gasteiger partial charge in [0, 0.05) is 4.90 Å². The minimum Gasteiger partial charge on any atom is -0.497 e. The molecule has 0 bridgehead atoms. The monoisotopic (exact) mass is 286 g/mol. The molecule has 0 saturated heterocycles. The number of benzene rings is 2. The highest BCUT2D eigenvalue weighted by Gasteiger charge is 2.00. The zero-order valence-electron chi connectivity index (χ0n) is 11.9. The first-order valence-electron chi connectivity index (χ1n) is 6.31. The van der Waals surface area contributed by atoms with Crippen molar-refractivity contribution in [1.29, 1.82) is 0 Å². The van der Waals surface area contributed by atoms with Gasteiger partial charge in [0.25, 0.3) is 0 Å². The molecule has 0 aliphatic carbocycles. The van der Waals surface area contributed by atoms with E-state index in [9.17, 15) is 0 Å². The van der Waals surface area contributed by atoms with Crippen LogP contribution in [-0.4, -0.2) is 20.5 Å². The Morgan fingerprint density at radius 2 is 1.50 bits per heavy atom. The van der Waals surface area contributed by atoms with Crippen LogP contribution in [0.2, 0.25) is 0 Å². The number of thioether (sulfide) groups is 1. The van der Waals surface area contributed by atoms with Crippen molar-refractivity contribution in [3.63, 3.8) is 0 Å². The molecule has 0 amide bonds. The van der Waals surface area contributed by atoms with Crippen molar-refractivity contribution in [1.82, 2.24) is 0 Å². The van der Waals surface area contributed by atoms with E-state index in [1.165, 1.54) is 10.5 Å². The van der Waals surface area contributed by atoms with Crippen molar-refractivity contribution in [3.05, 3.63) is 53.6 Å². The average Bonchev–Trinajstić information content (AvgIpc) is 2.53. The lowest BCUT2D eigenvalue weighted by Gasteiger charge is -2.06. The van der Waals surface area contributed by atoms with Crippen LogP contribution in [0.4, 0.5) is 0 Å². The molecular weight excluding hydrogens is 268 g/mol. The molecule has 2 rings (SSSR count). The summed E-state index contributed by atoms with van der Waals surface area (Å²) < 4.78 is 10.4. The van der Waals surface area contributed by atoms with E-state index in [4.69, 9.17) is 9.47 Å². The summed E-state index contributed by atoms with van der Waals surface area (Å²) >= 11 is 1.71. The van der Waals surface area contributed by atoms with Crippen LogP contribution in [0.25, 0.3) is 12.2 Å².